The Morgan fingerprint density at radius 1 is 1.18 bits per heavy atom. The van der Waals surface area contributed by atoms with Gasteiger partial charge in [-0.05, 0) is 24.3 Å². The third kappa shape index (κ3) is 5.34. The molecule has 0 spiro atoms. The number of benzene rings is 2. The molecule has 2 aromatic carbocycles. The van der Waals surface area contributed by atoms with Gasteiger partial charge in [0.25, 0.3) is 0 Å². The molecule has 0 bridgehead atoms. The molecule has 0 radical (unpaired) electrons. The second-order valence-corrected chi connectivity index (χ2v) is 4.99. The lowest BCUT2D eigenvalue weighted by molar-refractivity contribution is 0.296. The third-order valence-electron chi connectivity index (χ3n) is 2.97. The van der Waals surface area contributed by atoms with Crippen LogP contribution in [0.3, 0.4) is 0 Å². The van der Waals surface area contributed by atoms with E-state index in [0.717, 1.165) is 5.56 Å². The summed E-state index contributed by atoms with van der Waals surface area (Å²) in [5, 5.41) is 3.84. The van der Waals surface area contributed by atoms with Crippen LogP contribution < -0.4 is 10.1 Å². The molecule has 22 heavy (non-hydrogen) atoms. The normalized spacial score (nSPS) is 9.91. The molecule has 0 amide bonds. The van der Waals surface area contributed by atoms with Crippen molar-refractivity contribution in [3.05, 3.63) is 77.1 Å². The van der Waals surface area contributed by atoms with Crippen molar-refractivity contribution in [1.82, 2.24) is 5.32 Å². The van der Waals surface area contributed by atoms with E-state index in [1.54, 1.807) is 36.4 Å². The predicted octanol–water partition coefficient (Wildman–Crippen LogP) is 4.76. The maximum atomic E-state index is 13.6. The summed E-state index contributed by atoms with van der Waals surface area (Å²) < 4.78 is 19.3. The quantitative estimate of drug-likeness (QED) is 0.579. The zero-order valence-corrected chi connectivity index (χ0v) is 13.6. The van der Waals surface area contributed by atoms with E-state index < -0.39 is 0 Å². The second-order valence-electron chi connectivity index (χ2n) is 4.55. The topological polar surface area (TPSA) is 21.3 Å². The molecule has 1 N–H and O–H groups in total. The average molecular weight is 342 g/mol. The zero-order chi connectivity index (χ0) is 15.1. The van der Waals surface area contributed by atoms with Gasteiger partial charge in [0.1, 0.15) is 18.2 Å². The summed E-state index contributed by atoms with van der Waals surface area (Å²) in [5.74, 6) is 0.428. The lowest BCUT2D eigenvalue weighted by Crippen LogP contribution is -2.13. The highest BCUT2D eigenvalue weighted by molar-refractivity contribution is 6.30. The van der Waals surface area contributed by atoms with Gasteiger partial charge in [-0.2, -0.15) is 0 Å². The largest absolute Gasteiger partial charge is 0.488 e. The van der Waals surface area contributed by atoms with Crippen LogP contribution in [0, 0.1) is 5.82 Å². The lowest BCUT2D eigenvalue weighted by Gasteiger charge is -2.13. The van der Waals surface area contributed by atoms with Crippen LogP contribution in [0.2, 0.25) is 5.02 Å². The van der Waals surface area contributed by atoms with E-state index in [9.17, 15) is 4.39 Å². The summed E-state index contributed by atoms with van der Waals surface area (Å²) in [6.45, 7) is 5.14. The van der Waals surface area contributed by atoms with Gasteiger partial charge in [0.2, 0.25) is 0 Å². The van der Waals surface area contributed by atoms with Gasteiger partial charge in [0.15, 0.2) is 0 Å². The molecule has 5 heteroatoms. The Morgan fingerprint density at radius 2 is 1.95 bits per heavy atom. The highest BCUT2D eigenvalue weighted by Crippen LogP contribution is 2.24. The number of ether oxygens (including phenoxy) is 1. The summed E-state index contributed by atoms with van der Waals surface area (Å²) in [6, 6.07) is 12.0. The first-order chi connectivity index (χ1) is 10.2. The Bertz CT molecular complexity index is 619. The summed E-state index contributed by atoms with van der Waals surface area (Å²) >= 11 is 6.01. The molecule has 2 nitrogen and oxygen atoms in total. The van der Waals surface area contributed by atoms with Crippen LogP contribution in [0.4, 0.5) is 4.39 Å². The second kappa shape index (κ2) is 9.46. The maximum absolute atomic E-state index is 13.6. The highest BCUT2D eigenvalue weighted by atomic mass is 35.5. The average Bonchev–Trinajstić information content (AvgIpc) is 2.48. The first-order valence-electron chi connectivity index (χ1n) is 6.67. The molecule has 0 saturated heterocycles. The molecule has 0 aromatic heterocycles. The van der Waals surface area contributed by atoms with Crippen molar-refractivity contribution in [3.8, 4) is 5.75 Å². The third-order valence-corrected chi connectivity index (χ3v) is 3.20. The van der Waals surface area contributed by atoms with Crippen molar-refractivity contribution in [3.63, 3.8) is 0 Å². The van der Waals surface area contributed by atoms with Crippen molar-refractivity contribution in [2.45, 2.75) is 13.2 Å². The molecular weight excluding hydrogens is 324 g/mol. The molecule has 118 valence electrons. The minimum absolute atomic E-state index is 0. The summed E-state index contributed by atoms with van der Waals surface area (Å²) in [7, 11) is 0. The van der Waals surface area contributed by atoms with Crippen LogP contribution in [0.15, 0.2) is 55.1 Å². The van der Waals surface area contributed by atoms with Crippen LogP contribution in [0.5, 0.6) is 5.75 Å². The molecule has 0 aliphatic heterocycles. The molecule has 2 aromatic rings. The molecule has 0 saturated carbocycles. The van der Waals surface area contributed by atoms with E-state index in [0.29, 0.717) is 29.4 Å². The standard InChI is InChI=1S/C17H17ClFNO.ClH/c1-2-9-20-11-14-10-15(18)7-8-17(14)21-12-13-5-3-4-6-16(13)19;/h2-8,10,20H,1,9,11-12H2;1H. The smallest absolute Gasteiger partial charge is 0.129 e. The van der Waals surface area contributed by atoms with Gasteiger partial charge in [-0.25, -0.2) is 4.39 Å². The number of hydrogen-bond donors (Lipinski definition) is 1. The van der Waals surface area contributed by atoms with Gasteiger partial charge in [0, 0.05) is 29.2 Å². The molecule has 0 atom stereocenters. The van der Waals surface area contributed by atoms with E-state index in [4.69, 9.17) is 16.3 Å². The van der Waals surface area contributed by atoms with E-state index in [2.05, 4.69) is 11.9 Å². The summed E-state index contributed by atoms with van der Waals surface area (Å²) in [5.41, 5.74) is 1.46. The number of nitrogens with one attached hydrogen (secondary N) is 1. The fourth-order valence-electron chi connectivity index (χ4n) is 1.91. The predicted molar refractivity (Wildman–Crippen MR) is 91.3 cm³/mol. The fraction of sp³-hybridized carbons (Fsp3) is 0.176. The van der Waals surface area contributed by atoms with E-state index >= 15 is 0 Å². The minimum atomic E-state index is -0.266. The molecule has 0 aliphatic rings. The Kier molecular flexibility index (Phi) is 7.96. The van der Waals surface area contributed by atoms with Gasteiger partial charge in [0.05, 0.1) is 0 Å². The van der Waals surface area contributed by atoms with E-state index in [-0.39, 0.29) is 24.8 Å². The Morgan fingerprint density at radius 3 is 2.68 bits per heavy atom. The number of rotatable bonds is 7. The zero-order valence-electron chi connectivity index (χ0n) is 12.0. The molecule has 0 aliphatic carbocycles. The van der Waals surface area contributed by atoms with Gasteiger partial charge in [-0.15, -0.1) is 19.0 Å². The monoisotopic (exact) mass is 341 g/mol. The van der Waals surface area contributed by atoms with Crippen molar-refractivity contribution in [2.24, 2.45) is 0 Å². The molecule has 0 heterocycles. The van der Waals surface area contributed by atoms with Crippen molar-refractivity contribution >= 4 is 24.0 Å². The molecular formula is C17H18Cl2FNO. The van der Waals surface area contributed by atoms with Crippen LogP contribution in [0.25, 0.3) is 0 Å². The van der Waals surface area contributed by atoms with Gasteiger partial charge < -0.3 is 10.1 Å². The van der Waals surface area contributed by atoms with Crippen LogP contribution in [0.1, 0.15) is 11.1 Å². The van der Waals surface area contributed by atoms with Gasteiger partial charge in [-0.1, -0.05) is 35.9 Å². The van der Waals surface area contributed by atoms with Gasteiger partial charge in [-0.3, -0.25) is 0 Å². The first-order valence-corrected chi connectivity index (χ1v) is 7.04. The number of hydrogen-bond acceptors (Lipinski definition) is 2. The van der Waals surface area contributed by atoms with Crippen LogP contribution in [-0.4, -0.2) is 6.54 Å². The first kappa shape index (κ1) is 18.5. The Labute approximate surface area is 141 Å². The molecule has 0 unspecified atom stereocenters. The van der Waals surface area contributed by atoms with Crippen molar-refractivity contribution < 1.29 is 9.13 Å². The maximum Gasteiger partial charge on any atom is 0.129 e. The molecule has 2 rings (SSSR count). The Hall–Kier alpha value is -1.55. The van der Waals surface area contributed by atoms with Crippen molar-refractivity contribution in [2.75, 3.05) is 6.54 Å². The SMILES string of the molecule is C=CCNCc1cc(Cl)ccc1OCc1ccccc1F.Cl. The number of halogens is 3. The van der Waals surface area contributed by atoms with Crippen LogP contribution in [-0.2, 0) is 13.2 Å². The van der Waals surface area contributed by atoms with Crippen LogP contribution >= 0.6 is 24.0 Å². The minimum Gasteiger partial charge on any atom is -0.488 e. The fourth-order valence-corrected chi connectivity index (χ4v) is 2.10. The molecule has 0 fully saturated rings. The lowest BCUT2D eigenvalue weighted by atomic mass is 10.2. The Balaban J connectivity index is 0.00000242. The summed E-state index contributed by atoms with van der Waals surface area (Å²) in [6.07, 6.45) is 1.78. The van der Waals surface area contributed by atoms with E-state index in [1.165, 1.54) is 6.07 Å². The highest BCUT2D eigenvalue weighted by Gasteiger charge is 2.07. The van der Waals surface area contributed by atoms with Gasteiger partial charge >= 0.3 is 0 Å². The summed E-state index contributed by atoms with van der Waals surface area (Å²) in [4.78, 5) is 0. The van der Waals surface area contributed by atoms with Crippen molar-refractivity contribution in [1.29, 1.82) is 0 Å². The van der Waals surface area contributed by atoms with E-state index in [1.807, 2.05) is 6.07 Å².